The molecule has 0 aliphatic carbocycles. The molecule has 3 N–H and O–H groups in total. The van der Waals surface area contributed by atoms with Gasteiger partial charge < -0.3 is 5.43 Å². The van der Waals surface area contributed by atoms with Gasteiger partial charge in [-0.15, -0.1) is 0 Å². The number of rotatable bonds is 5. The molecule has 0 aliphatic rings. The van der Waals surface area contributed by atoms with E-state index >= 15 is 0 Å². The van der Waals surface area contributed by atoms with Crippen LogP contribution in [0, 0.1) is 6.92 Å². The molecule has 6 nitrogen and oxygen atoms in total. The smallest absolute Gasteiger partial charge is 0.246 e. The Morgan fingerprint density at radius 3 is 2.62 bits per heavy atom. The second-order valence-electron chi connectivity index (χ2n) is 4.68. The lowest BCUT2D eigenvalue weighted by Gasteiger charge is -2.19. The fraction of sp³-hybridized carbons (Fsp3) is 0.214. The van der Waals surface area contributed by atoms with Crippen molar-refractivity contribution in [1.82, 2.24) is 9.29 Å². The maximum Gasteiger partial charge on any atom is 0.246 e. The van der Waals surface area contributed by atoms with Gasteiger partial charge in [0.1, 0.15) is 4.90 Å². The highest BCUT2D eigenvalue weighted by molar-refractivity contribution is 7.89. The molecule has 21 heavy (non-hydrogen) atoms. The molecular formula is C14H18N4O2S. The lowest BCUT2D eigenvalue weighted by Crippen LogP contribution is -2.28. The third-order valence-electron chi connectivity index (χ3n) is 3.25. The maximum atomic E-state index is 12.6. The normalized spacial score (nSPS) is 11.6. The number of aryl methyl sites for hydroxylation is 1. The van der Waals surface area contributed by atoms with Crippen molar-refractivity contribution in [3.63, 3.8) is 0 Å². The van der Waals surface area contributed by atoms with E-state index in [1.807, 2.05) is 31.2 Å². The van der Waals surface area contributed by atoms with Crippen molar-refractivity contribution < 1.29 is 8.42 Å². The zero-order valence-corrected chi connectivity index (χ0v) is 12.8. The van der Waals surface area contributed by atoms with Crippen LogP contribution in [0.2, 0.25) is 0 Å². The first-order chi connectivity index (χ1) is 9.96. The number of nitrogens with two attached hydrogens (primary N) is 1. The second-order valence-corrected chi connectivity index (χ2v) is 6.70. The van der Waals surface area contributed by atoms with Crippen molar-refractivity contribution in [3.05, 3.63) is 53.7 Å². The van der Waals surface area contributed by atoms with Gasteiger partial charge in [0.05, 0.1) is 0 Å². The molecule has 0 atom stereocenters. The summed E-state index contributed by atoms with van der Waals surface area (Å²) in [5.41, 5.74) is 4.31. The summed E-state index contributed by atoms with van der Waals surface area (Å²) in [4.78, 5) is 3.99. The van der Waals surface area contributed by atoms with Crippen molar-refractivity contribution >= 4 is 15.8 Å². The van der Waals surface area contributed by atoms with Crippen molar-refractivity contribution in [2.75, 3.05) is 12.5 Å². The standard InChI is InChI=1S/C14H18N4O2S/c1-11-6-3-4-7-12(11)10-18(2)21(19,20)13-8-5-9-16-14(13)17-15/h3-9H,10,15H2,1-2H3,(H,16,17). The van der Waals surface area contributed by atoms with Crippen LogP contribution in [0.25, 0.3) is 0 Å². The molecular weight excluding hydrogens is 288 g/mol. The molecule has 0 saturated carbocycles. The molecule has 0 saturated heterocycles. The second kappa shape index (κ2) is 6.21. The van der Waals surface area contributed by atoms with E-state index in [4.69, 9.17) is 5.84 Å². The van der Waals surface area contributed by atoms with Crippen LogP contribution in [0.5, 0.6) is 0 Å². The van der Waals surface area contributed by atoms with Crippen molar-refractivity contribution in [3.8, 4) is 0 Å². The molecule has 0 bridgehead atoms. The van der Waals surface area contributed by atoms with E-state index in [0.717, 1.165) is 11.1 Å². The monoisotopic (exact) mass is 306 g/mol. The van der Waals surface area contributed by atoms with Gasteiger partial charge in [0.2, 0.25) is 10.0 Å². The molecule has 0 fully saturated rings. The maximum absolute atomic E-state index is 12.6. The molecule has 7 heteroatoms. The van der Waals surface area contributed by atoms with Gasteiger partial charge in [-0.1, -0.05) is 24.3 Å². The summed E-state index contributed by atoms with van der Waals surface area (Å²) in [5, 5.41) is 0. The average Bonchev–Trinajstić information content (AvgIpc) is 2.49. The number of benzene rings is 1. The van der Waals surface area contributed by atoms with Gasteiger partial charge in [0.25, 0.3) is 0 Å². The minimum Gasteiger partial charge on any atom is -0.307 e. The number of anilines is 1. The molecule has 0 amide bonds. The lowest BCUT2D eigenvalue weighted by molar-refractivity contribution is 0.466. The predicted molar refractivity (Wildman–Crippen MR) is 81.9 cm³/mol. The van der Waals surface area contributed by atoms with E-state index in [-0.39, 0.29) is 17.3 Å². The summed E-state index contributed by atoms with van der Waals surface area (Å²) in [6.07, 6.45) is 1.48. The summed E-state index contributed by atoms with van der Waals surface area (Å²) in [6.45, 7) is 2.24. The Balaban J connectivity index is 2.33. The topological polar surface area (TPSA) is 88.3 Å². The summed E-state index contributed by atoms with van der Waals surface area (Å²) >= 11 is 0. The van der Waals surface area contributed by atoms with E-state index < -0.39 is 10.0 Å². The summed E-state index contributed by atoms with van der Waals surface area (Å²) < 4.78 is 26.5. The first-order valence-electron chi connectivity index (χ1n) is 6.39. The molecule has 2 aromatic rings. The van der Waals surface area contributed by atoms with Gasteiger partial charge in [-0.3, -0.25) is 0 Å². The van der Waals surface area contributed by atoms with Crippen LogP contribution in [0.15, 0.2) is 47.5 Å². The Labute approximate surface area is 124 Å². The zero-order chi connectivity index (χ0) is 15.5. The lowest BCUT2D eigenvalue weighted by atomic mass is 10.1. The number of aromatic nitrogens is 1. The number of hydrogen-bond acceptors (Lipinski definition) is 5. The minimum atomic E-state index is -3.67. The Hall–Kier alpha value is -1.96. The number of sulfonamides is 1. The SMILES string of the molecule is Cc1ccccc1CN(C)S(=O)(=O)c1cccnc1NN. The molecule has 0 spiro atoms. The molecule has 1 aromatic heterocycles. The van der Waals surface area contributed by atoms with Crippen molar-refractivity contribution in [2.45, 2.75) is 18.4 Å². The number of nitrogens with zero attached hydrogens (tertiary/aromatic N) is 2. The third-order valence-corrected chi connectivity index (χ3v) is 5.08. The Kier molecular flexibility index (Phi) is 4.56. The highest BCUT2D eigenvalue weighted by Gasteiger charge is 2.24. The van der Waals surface area contributed by atoms with E-state index in [1.54, 1.807) is 6.07 Å². The van der Waals surface area contributed by atoms with E-state index in [9.17, 15) is 8.42 Å². The Morgan fingerprint density at radius 1 is 1.24 bits per heavy atom. The van der Waals surface area contributed by atoms with Crippen LogP contribution in [-0.2, 0) is 16.6 Å². The largest absolute Gasteiger partial charge is 0.307 e. The van der Waals surface area contributed by atoms with Gasteiger partial charge in [-0.2, -0.15) is 4.31 Å². The zero-order valence-electron chi connectivity index (χ0n) is 11.9. The minimum absolute atomic E-state index is 0.0589. The first kappa shape index (κ1) is 15.4. The van der Waals surface area contributed by atoms with Crippen LogP contribution >= 0.6 is 0 Å². The molecule has 2 rings (SSSR count). The van der Waals surface area contributed by atoms with Crippen molar-refractivity contribution in [2.24, 2.45) is 5.84 Å². The highest BCUT2D eigenvalue weighted by Crippen LogP contribution is 2.22. The Morgan fingerprint density at radius 2 is 1.95 bits per heavy atom. The third kappa shape index (κ3) is 3.21. The van der Waals surface area contributed by atoms with Gasteiger partial charge in [-0.05, 0) is 30.2 Å². The fourth-order valence-electron chi connectivity index (χ4n) is 1.99. The fourth-order valence-corrected chi connectivity index (χ4v) is 3.24. The van der Waals surface area contributed by atoms with Crippen LogP contribution in [0.4, 0.5) is 5.82 Å². The number of nitrogens with one attached hydrogen (secondary N) is 1. The van der Waals surface area contributed by atoms with Gasteiger partial charge in [0, 0.05) is 19.8 Å². The van der Waals surface area contributed by atoms with Crippen molar-refractivity contribution in [1.29, 1.82) is 0 Å². The van der Waals surface area contributed by atoms with Crippen LogP contribution in [0.3, 0.4) is 0 Å². The quantitative estimate of drug-likeness (QED) is 0.645. The van der Waals surface area contributed by atoms with E-state index in [0.29, 0.717) is 0 Å². The average molecular weight is 306 g/mol. The molecule has 112 valence electrons. The summed E-state index contributed by atoms with van der Waals surface area (Å²) in [7, 11) is -2.13. The van der Waals surface area contributed by atoms with Gasteiger partial charge in [-0.25, -0.2) is 19.2 Å². The summed E-state index contributed by atoms with van der Waals surface area (Å²) in [6, 6.07) is 10.7. The predicted octanol–water partition coefficient (Wildman–Crippen LogP) is 1.50. The van der Waals surface area contributed by atoms with Gasteiger partial charge >= 0.3 is 0 Å². The van der Waals surface area contributed by atoms with E-state index in [2.05, 4.69) is 10.4 Å². The Bertz CT molecular complexity index is 731. The molecule has 1 aromatic carbocycles. The molecule has 0 aliphatic heterocycles. The number of hydrogen-bond donors (Lipinski definition) is 2. The van der Waals surface area contributed by atoms with E-state index in [1.165, 1.54) is 23.6 Å². The molecule has 0 radical (unpaired) electrons. The number of pyridine rings is 1. The first-order valence-corrected chi connectivity index (χ1v) is 7.83. The molecule has 0 unspecified atom stereocenters. The van der Waals surface area contributed by atoms with Crippen LogP contribution in [0.1, 0.15) is 11.1 Å². The van der Waals surface area contributed by atoms with Gasteiger partial charge in [0.15, 0.2) is 5.82 Å². The number of nitrogen functional groups attached to an aromatic ring is 1. The molecule has 1 heterocycles. The van der Waals surface area contributed by atoms with Crippen LogP contribution < -0.4 is 11.3 Å². The highest BCUT2D eigenvalue weighted by atomic mass is 32.2. The number of hydrazine groups is 1. The van der Waals surface area contributed by atoms with Crippen LogP contribution in [-0.4, -0.2) is 24.8 Å². The summed E-state index contributed by atoms with van der Waals surface area (Å²) in [5.74, 6) is 5.46.